The number of H-pyrrole nitrogens is 1. The molecule has 1 aromatic carbocycles. The molecule has 1 aliphatic rings. The van der Waals surface area contributed by atoms with Crippen molar-refractivity contribution in [2.24, 2.45) is 0 Å². The Hall–Kier alpha value is -2.96. The van der Waals surface area contributed by atoms with Gasteiger partial charge >= 0.3 is 0 Å². The molecular weight excluding hydrogens is 330 g/mol. The fourth-order valence-corrected chi connectivity index (χ4v) is 3.59. The number of nitrogens with zero attached hydrogens (tertiary/aromatic N) is 3. The van der Waals surface area contributed by atoms with Gasteiger partial charge in [-0.2, -0.15) is 5.10 Å². The predicted molar refractivity (Wildman–Crippen MR) is 98.1 cm³/mol. The van der Waals surface area contributed by atoms with Crippen molar-refractivity contribution in [2.75, 3.05) is 0 Å². The van der Waals surface area contributed by atoms with Gasteiger partial charge in [-0.3, -0.25) is 9.59 Å². The maximum Gasteiger partial charge on any atom is 0.267 e. The van der Waals surface area contributed by atoms with Gasteiger partial charge < -0.3 is 10.3 Å². The zero-order valence-electron chi connectivity index (χ0n) is 14.6. The Morgan fingerprint density at radius 1 is 1.19 bits per heavy atom. The van der Waals surface area contributed by atoms with Gasteiger partial charge in [0.1, 0.15) is 0 Å². The summed E-state index contributed by atoms with van der Waals surface area (Å²) in [5, 5.41) is 7.47. The molecular formula is C19H21N5O2. The van der Waals surface area contributed by atoms with Crippen LogP contribution in [0.15, 0.2) is 41.5 Å². The van der Waals surface area contributed by atoms with Crippen LogP contribution in [0.25, 0.3) is 11.0 Å². The maximum atomic E-state index is 12.5. The Labute approximate surface area is 150 Å². The van der Waals surface area contributed by atoms with E-state index in [1.165, 1.54) is 0 Å². The summed E-state index contributed by atoms with van der Waals surface area (Å²) in [7, 11) is 0. The van der Waals surface area contributed by atoms with Gasteiger partial charge in [-0.1, -0.05) is 0 Å². The SMILES string of the molecule is Cc1ccc(=O)n(C2CCC(NC(=O)c3ccc4nc[nH]c4c3)CC2)n1. The molecule has 134 valence electrons. The summed E-state index contributed by atoms with van der Waals surface area (Å²) in [5.41, 5.74) is 3.11. The average Bonchev–Trinajstić information content (AvgIpc) is 3.12. The normalized spacial score (nSPS) is 20.2. The Bertz CT molecular complexity index is 998. The number of aromatic nitrogens is 4. The van der Waals surface area contributed by atoms with Crippen LogP contribution in [0.4, 0.5) is 0 Å². The number of amides is 1. The number of hydrogen-bond acceptors (Lipinski definition) is 4. The molecule has 0 saturated heterocycles. The van der Waals surface area contributed by atoms with Crippen LogP contribution in [0, 0.1) is 6.92 Å². The van der Waals surface area contributed by atoms with Crippen LogP contribution in [0.1, 0.15) is 47.8 Å². The lowest BCUT2D eigenvalue weighted by Crippen LogP contribution is -2.39. The zero-order chi connectivity index (χ0) is 18.1. The third kappa shape index (κ3) is 3.24. The predicted octanol–water partition coefficient (Wildman–Crippen LogP) is 2.34. The lowest BCUT2D eigenvalue weighted by Gasteiger charge is -2.29. The molecule has 7 heteroatoms. The quantitative estimate of drug-likeness (QED) is 0.757. The van der Waals surface area contributed by atoms with Crippen molar-refractivity contribution < 1.29 is 4.79 Å². The van der Waals surface area contributed by atoms with Gasteiger partial charge in [0.2, 0.25) is 0 Å². The Morgan fingerprint density at radius 3 is 2.81 bits per heavy atom. The third-order valence-electron chi connectivity index (χ3n) is 5.02. The Kier molecular flexibility index (Phi) is 4.28. The largest absolute Gasteiger partial charge is 0.349 e. The standard InChI is InChI=1S/C19H21N5O2/c1-12-2-9-18(25)24(23-12)15-6-4-14(5-7-15)22-19(26)13-3-8-16-17(10-13)21-11-20-16/h2-3,8-11,14-15H,4-7H2,1H3,(H,20,21)(H,22,26). The van der Waals surface area contributed by atoms with Gasteiger partial charge in [-0.15, -0.1) is 0 Å². The first-order valence-corrected chi connectivity index (χ1v) is 8.90. The molecule has 3 aromatic rings. The first-order chi connectivity index (χ1) is 12.6. The monoisotopic (exact) mass is 351 g/mol. The molecule has 7 nitrogen and oxygen atoms in total. The van der Waals surface area contributed by atoms with Gasteiger partial charge in [-0.05, 0) is 56.9 Å². The number of nitrogens with one attached hydrogen (secondary N) is 2. The summed E-state index contributed by atoms with van der Waals surface area (Å²) in [4.78, 5) is 31.7. The molecule has 2 N–H and O–H groups in total. The number of rotatable bonds is 3. The van der Waals surface area contributed by atoms with Crippen LogP contribution < -0.4 is 10.9 Å². The summed E-state index contributed by atoms with van der Waals surface area (Å²) in [6.45, 7) is 1.89. The molecule has 0 radical (unpaired) electrons. The van der Waals surface area contributed by atoms with Crippen LogP contribution in [0.3, 0.4) is 0 Å². The van der Waals surface area contributed by atoms with Gasteiger partial charge in [0, 0.05) is 17.7 Å². The van der Waals surface area contributed by atoms with E-state index in [4.69, 9.17) is 0 Å². The maximum absolute atomic E-state index is 12.5. The van der Waals surface area contributed by atoms with Crippen LogP contribution in [-0.4, -0.2) is 31.7 Å². The molecule has 1 amide bonds. The molecule has 2 heterocycles. The summed E-state index contributed by atoms with van der Waals surface area (Å²) in [6.07, 6.45) is 4.96. The van der Waals surface area contributed by atoms with Gasteiger partial charge in [-0.25, -0.2) is 9.67 Å². The summed E-state index contributed by atoms with van der Waals surface area (Å²) < 4.78 is 1.60. The highest BCUT2D eigenvalue weighted by Crippen LogP contribution is 2.27. The van der Waals surface area contributed by atoms with E-state index >= 15 is 0 Å². The highest BCUT2D eigenvalue weighted by atomic mass is 16.1. The molecule has 0 aliphatic heterocycles. The van der Waals surface area contributed by atoms with E-state index in [1.807, 2.05) is 19.1 Å². The van der Waals surface area contributed by atoms with Crippen molar-refractivity contribution in [3.8, 4) is 0 Å². The molecule has 0 atom stereocenters. The minimum Gasteiger partial charge on any atom is -0.349 e. The second-order valence-electron chi connectivity index (χ2n) is 6.87. The van der Waals surface area contributed by atoms with Gasteiger partial charge in [0.25, 0.3) is 11.5 Å². The van der Waals surface area contributed by atoms with Crippen LogP contribution in [-0.2, 0) is 0 Å². The molecule has 1 saturated carbocycles. The van der Waals surface area contributed by atoms with Crippen LogP contribution >= 0.6 is 0 Å². The highest BCUT2D eigenvalue weighted by Gasteiger charge is 2.25. The third-order valence-corrected chi connectivity index (χ3v) is 5.02. The summed E-state index contributed by atoms with van der Waals surface area (Å²) in [5.74, 6) is -0.0733. The first kappa shape index (κ1) is 16.5. The average molecular weight is 351 g/mol. The molecule has 4 rings (SSSR count). The lowest BCUT2D eigenvalue weighted by molar-refractivity contribution is 0.0921. The number of aryl methyl sites for hydroxylation is 1. The highest BCUT2D eigenvalue weighted by molar-refractivity contribution is 5.97. The van der Waals surface area contributed by atoms with Crippen molar-refractivity contribution in [3.63, 3.8) is 0 Å². The molecule has 26 heavy (non-hydrogen) atoms. The van der Waals surface area contributed by atoms with Crippen molar-refractivity contribution in [2.45, 2.75) is 44.7 Å². The second-order valence-corrected chi connectivity index (χ2v) is 6.87. The number of aromatic amines is 1. The number of carbonyl (C=O) groups is 1. The van der Waals surface area contributed by atoms with Gasteiger partial charge in [0.05, 0.1) is 29.1 Å². The van der Waals surface area contributed by atoms with Crippen molar-refractivity contribution in [3.05, 3.63) is 58.3 Å². The van der Waals surface area contributed by atoms with Crippen molar-refractivity contribution >= 4 is 16.9 Å². The number of imidazole rings is 1. The summed E-state index contributed by atoms with van der Waals surface area (Å²) >= 11 is 0. The molecule has 2 aromatic heterocycles. The second kappa shape index (κ2) is 6.74. The first-order valence-electron chi connectivity index (χ1n) is 8.90. The fourth-order valence-electron chi connectivity index (χ4n) is 3.59. The minimum atomic E-state index is -0.0733. The van der Waals surface area contributed by atoms with E-state index in [-0.39, 0.29) is 23.6 Å². The van der Waals surface area contributed by atoms with E-state index in [9.17, 15) is 9.59 Å². The van der Waals surface area contributed by atoms with E-state index < -0.39 is 0 Å². The molecule has 1 aliphatic carbocycles. The number of benzene rings is 1. The number of fused-ring (bicyclic) bond motifs is 1. The zero-order valence-corrected chi connectivity index (χ0v) is 14.6. The lowest BCUT2D eigenvalue weighted by atomic mass is 9.91. The van der Waals surface area contributed by atoms with Crippen molar-refractivity contribution in [1.29, 1.82) is 0 Å². The fraction of sp³-hybridized carbons (Fsp3) is 0.368. The van der Waals surface area contributed by atoms with Crippen LogP contribution in [0.2, 0.25) is 0 Å². The topological polar surface area (TPSA) is 92.7 Å². The smallest absolute Gasteiger partial charge is 0.267 e. The van der Waals surface area contributed by atoms with E-state index in [0.29, 0.717) is 5.56 Å². The van der Waals surface area contributed by atoms with Crippen molar-refractivity contribution in [1.82, 2.24) is 25.1 Å². The molecule has 1 fully saturated rings. The van der Waals surface area contributed by atoms with E-state index in [1.54, 1.807) is 29.2 Å². The summed E-state index contributed by atoms with van der Waals surface area (Å²) in [6, 6.07) is 8.99. The molecule has 0 bridgehead atoms. The number of hydrogen-bond donors (Lipinski definition) is 2. The molecule has 0 spiro atoms. The van der Waals surface area contributed by atoms with E-state index in [0.717, 1.165) is 42.4 Å². The Balaban J connectivity index is 1.39. The molecule has 0 unspecified atom stereocenters. The minimum absolute atomic E-state index is 0.0593. The van der Waals surface area contributed by atoms with Crippen LogP contribution in [0.5, 0.6) is 0 Å². The van der Waals surface area contributed by atoms with Gasteiger partial charge in [0.15, 0.2) is 0 Å². The Morgan fingerprint density at radius 2 is 2.00 bits per heavy atom. The van der Waals surface area contributed by atoms with E-state index in [2.05, 4.69) is 20.4 Å². The number of carbonyl (C=O) groups excluding carboxylic acids is 1.